The Morgan fingerprint density at radius 1 is 1.58 bits per heavy atom. The molecule has 0 amide bonds. The zero-order valence-electron chi connectivity index (χ0n) is 6.76. The Hall–Kier alpha value is -1.09. The summed E-state index contributed by atoms with van der Waals surface area (Å²) in [5.41, 5.74) is 1.34. The van der Waals surface area contributed by atoms with Crippen LogP contribution in [0.3, 0.4) is 0 Å². The molecule has 0 radical (unpaired) electrons. The van der Waals surface area contributed by atoms with Gasteiger partial charge in [-0.2, -0.15) is 0 Å². The molecule has 0 spiro atoms. The van der Waals surface area contributed by atoms with Crippen molar-refractivity contribution in [1.82, 2.24) is 4.98 Å². The van der Waals surface area contributed by atoms with Crippen molar-refractivity contribution >= 4 is 17.6 Å². The summed E-state index contributed by atoms with van der Waals surface area (Å²) in [6.45, 7) is 3.34. The molecule has 0 aliphatic rings. The van der Waals surface area contributed by atoms with Crippen LogP contribution in [-0.2, 0) is 0 Å². The van der Waals surface area contributed by atoms with Crippen LogP contribution in [-0.4, -0.2) is 16.1 Å². The number of hydrogen-bond acceptors (Lipinski definition) is 2. The van der Waals surface area contributed by atoms with Gasteiger partial charge in [-0.15, -0.1) is 0 Å². The highest BCUT2D eigenvalue weighted by Gasteiger charge is 2.10. The molecule has 0 fully saturated rings. The molecule has 1 rings (SSSR count). The van der Waals surface area contributed by atoms with Crippen molar-refractivity contribution in [2.45, 2.75) is 13.8 Å². The van der Waals surface area contributed by atoms with Gasteiger partial charge in [0, 0.05) is 11.3 Å². The highest BCUT2D eigenvalue weighted by molar-refractivity contribution is 6.30. The number of pyridine rings is 1. The third-order valence-corrected chi connectivity index (χ3v) is 1.94. The van der Waals surface area contributed by atoms with Crippen LogP contribution in [0, 0.1) is 13.8 Å². The summed E-state index contributed by atoms with van der Waals surface area (Å²) >= 11 is 5.69. The summed E-state index contributed by atoms with van der Waals surface area (Å²) in [6.07, 6.45) is 0. The van der Waals surface area contributed by atoms with Gasteiger partial charge in [-0.05, 0) is 19.9 Å². The van der Waals surface area contributed by atoms with Gasteiger partial charge in [0.15, 0.2) is 0 Å². The van der Waals surface area contributed by atoms with Crippen LogP contribution in [0.25, 0.3) is 0 Å². The number of aromatic carboxylic acids is 1. The molecule has 0 aliphatic heterocycles. The monoisotopic (exact) mass is 185 g/mol. The molecule has 0 saturated carbocycles. The summed E-state index contributed by atoms with van der Waals surface area (Å²) in [5.74, 6) is -0.972. The number of aryl methyl sites for hydroxylation is 1. The van der Waals surface area contributed by atoms with Gasteiger partial charge < -0.3 is 5.11 Å². The Bertz CT molecular complexity index is 336. The van der Waals surface area contributed by atoms with Crippen LogP contribution in [0.15, 0.2) is 6.07 Å². The van der Waals surface area contributed by atoms with E-state index in [1.54, 1.807) is 13.8 Å². The van der Waals surface area contributed by atoms with Gasteiger partial charge in [0.05, 0.1) is 5.56 Å². The van der Waals surface area contributed by atoms with E-state index in [2.05, 4.69) is 4.98 Å². The summed E-state index contributed by atoms with van der Waals surface area (Å²) in [4.78, 5) is 14.6. The molecule has 1 aromatic heterocycles. The number of hydrogen-bond donors (Lipinski definition) is 1. The lowest BCUT2D eigenvalue weighted by Gasteiger charge is -2.03. The minimum Gasteiger partial charge on any atom is -0.478 e. The first kappa shape index (κ1) is 9.00. The van der Waals surface area contributed by atoms with Gasteiger partial charge in [-0.3, -0.25) is 0 Å². The Labute approximate surface area is 75.0 Å². The van der Waals surface area contributed by atoms with E-state index >= 15 is 0 Å². The summed E-state index contributed by atoms with van der Waals surface area (Å²) in [5, 5.41) is 8.98. The molecule has 0 saturated heterocycles. The van der Waals surface area contributed by atoms with Gasteiger partial charge in [0.2, 0.25) is 0 Å². The molecule has 1 N–H and O–H groups in total. The van der Waals surface area contributed by atoms with E-state index in [4.69, 9.17) is 16.7 Å². The lowest BCUT2D eigenvalue weighted by Crippen LogP contribution is -2.02. The minimum atomic E-state index is -0.972. The largest absolute Gasteiger partial charge is 0.478 e. The lowest BCUT2D eigenvalue weighted by molar-refractivity contribution is 0.0696. The maximum Gasteiger partial charge on any atom is 0.336 e. The van der Waals surface area contributed by atoms with Gasteiger partial charge in [-0.25, -0.2) is 9.78 Å². The van der Waals surface area contributed by atoms with Crippen molar-refractivity contribution < 1.29 is 9.90 Å². The Balaban J connectivity index is 3.37. The molecule has 64 valence electrons. The quantitative estimate of drug-likeness (QED) is 0.682. The molecule has 1 aromatic rings. The normalized spacial score (nSPS) is 9.92. The predicted molar refractivity (Wildman–Crippen MR) is 45.7 cm³/mol. The van der Waals surface area contributed by atoms with Crippen LogP contribution in [0.5, 0.6) is 0 Å². The van der Waals surface area contributed by atoms with Gasteiger partial charge in [0.25, 0.3) is 0 Å². The van der Waals surface area contributed by atoms with Crippen LogP contribution in [0.4, 0.5) is 0 Å². The maximum atomic E-state index is 10.6. The lowest BCUT2D eigenvalue weighted by atomic mass is 10.1. The second kappa shape index (κ2) is 3.11. The number of nitrogens with zero attached hydrogens (tertiary/aromatic N) is 1. The second-order valence-corrected chi connectivity index (χ2v) is 2.89. The van der Waals surface area contributed by atoms with E-state index in [-0.39, 0.29) is 10.7 Å². The standard InChI is InChI=1S/C8H8ClNO2/c1-4-3-6(8(11)12)5(2)7(9)10-4/h3H,1-2H3,(H,11,12). The van der Waals surface area contributed by atoms with E-state index in [1.807, 2.05) is 0 Å². The van der Waals surface area contributed by atoms with E-state index in [0.717, 1.165) is 0 Å². The summed E-state index contributed by atoms with van der Waals surface area (Å²) in [7, 11) is 0. The number of carboxylic acids is 1. The third kappa shape index (κ3) is 1.56. The summed E-state index contributed by atoms with van der Waals surface area (Å²) < 4.78 is 0. The van der Waals surface area contributed by atoms with Crippen molar-refractivity contribution in [3.63, 3.8) is 0 Å². The highest BCUT2D eigenvalue weighted by Crippen LogP contribution is 2.17. The SMILES string of the molecule is Cc1cc(C(=O)O)c(C)c(Cl)n1. The molecule has 1 heterocycles. The summed E-state index contributed by atoms with van der Waals surface area (Å²) in [6, 6.07) is 1.50. The number of carbonyl (C=O) groups is 1. The number of halogens is 1. The molecule has 0 unspecified atom stereocenters. The van der Waals surface area contributed by atoms with Crippen molar-refractivity contribution in [3.8, 4) is 0 Å². The first-order valence-corrected chi connectivity index (χ1v) is 3.77. The van der Waals surface area contributed by atoms with Crippen LogP contribution < -0.4 is 0 Å². The van der Waals surface area contributed by atoms with E-state index in [0.29, 0.717) is 11.3 Å². The molecule has 3 nitrogen and oxygen atoms in total. The zero-order valence-corrected chi connectivity index (χ0v) is 7.51. The van der Waals surface area contributed by atoms with E-state index in [9.17, 15) is 4.79 Å². The van der Waals surface area contributed by atoms with Gasteiger partial charge >= 0.3 is 5.97 Å². The van der Waals surface area contributed by atoms with Gasteiger partial charge in [0.1, 0.15) is 5.15 Å². The number of rotatable bonds is 1. The van der Waals surface area contributed by atoms with E-state index in [1.165, 1.54) is 6.07 Å². The van der Waals surface area contributed by atoms with Crippen molar-refractivity contribution in [2.24, 2.45) is 0 Å². The fourth-order valence-corrected chi connectivity index (χ4v) is 1.16. The third-order valence-electron chi connectivity index (χ3n) is 1.57. The van der Waals surface area contributed by atoms with E-state index < -0.39 is 5.97 Å². The molecule has 0 aliphatic carbocycles. The topological polar surface area (TPSA) is 50.2 Å². The van der Waals surface area contributed by atoms with Crippen molar-refractivity contribution in [2.75, 3.05) is 0 Å². The molecule has 0 bridgehead atoms. The van der Waals surface area contributed by atoms with Crippen LogP contribution >= 0.6 is 11.6 Å². The average Bonchev–Trinajstić information content (AvgIpc) is 1.96. The Morgan fingerprint density at radius 3 is 2.67 bits per heavy atom. The molecule has 4 heteroatoms. The van der Waals surface area contributed by atoms with Crippen LogP contribution in [0.2, 0.25) is 5.15 Å². The minimum absolute atomic E-state index is 0.215. The smallest absolute Gasteiger partial charge is 0.336 e. The molecule has 12 heavy (non-hydrogen) atoms. The fraction of sp³-hybridized carbons (Fsp3) is 0.250. The fourth-order valence-electron chi connectivity index (χ4n) is 0.921. The first-order valence-electron chi connectivity index (χ1n) is 3.39. The Kier molecular flexibility index (Phi) is 2.33. The molecular formula is C8H8ClNO2. The molecular weight excluding hydrogens is 178 g/mol. The van der Waals surface area contributed by atoms with Crippen LogP contribution in [0.1, 0.15) is 21.6 Å². The second-order valence-electron chi connectivity index (χ2n) is 2.53. The Morgan fingerprint density at radius 2 is 2.17 bits per heavy atom. The maximum absolute atomic E-state index is 10.6. The number of carboxylic acid groups (broad SMARTS) is 1. The van der Waals surface area contributed by atoms with Crippen molar-refractivity contribution in [3.05, 3.63) is 28.0 Å². The highest BCUT2D eigenvalue weighted by atomic mass is 35.5. The van der Waals surface area contributed by atoms with Crippen molar-refractivity contribution in [1.29, 1.82) is 0 Å². The molecule has 0 atom stereocenters. The zero-order chi connectivity index (χ0) is 9.30. The first-order chi connectivity index (χ1) is 5.52. The average molecular weight is 186 g/mol. The van der Waals surface area contributed by atoms with Gasteiger partial charge in [-0.1, -0.05) is 11.6 Å². The predicted octanol–water partition coefficient (Wildman–Crippen LogP) is 2.05. The number of aromatic nitrogens is 1. The molecule has 0 aromatic carbocycles.